The van der Waals surface area contributed by atoms with Crippen LogP contribution < -0.4 is 10.6 Å². The van der Waals surface area contributed by atoms with E-state index in [1.165, 1.54) is 18.1 Å². The van der Waals surface area contributed by atoms with Crippen LogP contribution >= 0.6 is 24.0 Å². The van der Waals surface area contributed by atoms with Crippen molar-refractivity contribution in [3.63, 3.8) is 0 Å². The second-order valence-electron chi connectivity index (χ2n) is 6.33. The van der Waals surface area contributed by atoms with Gasteiger partial charge in [0.1, 0.15) is 0 Å². The van der Waals surface area contributed by atoms with Crippen LogP contribution in [0.25, 0.3) is 0 Å². The van der Waals surface area contributed by atoms with Crippen LogP contribution in [0.1, 0.15) is 30.5 Å². The summed E-state index contributed by atoms with van der Waals surface area (Å²) in [5.41, 5.74) is 4.41. The Morgan fingerprint density at radius 1 is 1.15 bits per heavy atom. The smallest absolute Gasteiger partial charge is 0.221 e. The molecular weight excluding hydrogens is 451 g/mol. The zero-order valence-corrected chi connectivity index (χ0v) is 18.8. The first-order valence-electron chi connectivity index (χ1n) is 8.90. The number of amides is 1. The number of benzene rings is 2. The predicted molar refractivity (Wildman–Crippen MR) is 124 cm³/mol. The van der Waals surface area contributed by atoms with E-state index in [1.807, 2.05) is 31.3 Å². The van der Waals surface area contributed by atoms with E-state index in [-0.39, 0.29) is 29.9 Å². The average molecular weight is 480 g/mol. The zero-order valence-electron chi connectivity index (χ0n) is 16.5. The molecule has 0 fully saturated rings. The fraction of sp³-hybridized carbons (Fsp3) is 0.333. The van der Waals surface area contributed by atoms with E-state index < -0.39 is 0 Å². The lowest BCUT2D eigenvalue weighted by molar-refractivity contribution is -0.114. The number of carbonyl (C=O) groups is 1. The van der Waals surface area contributed by atoms with Gasteiger partial charge in [-0.25, -0.2) is 4.99 Å². The Bertz CT molecular complexity index is 776. The van der Waals surface area contributed by atoms with Gasteiger partial charge in [0.05, 0.1) is 6.54 Å². The summed E-state index contributed by atoms with van der Waals surface area (Å²) >= 11 is 0. The number of hydrogen-bond donors (Lipinski definition) is 2. The Hall–Kier alpha value is -2.09. The third-order valence-corrected chi connectivity index (χ3v) is 4.02. The summed E-state index contributed by atoms with van der Waals surface area (Å²) in [7, 11) is 2.04. The van der Waals surface area contributed by atoms with Gasteiger partial charge in [-0.05, 0) is 42.7 Å². The van der Waals surface area contributed by atoms with E-state index >= 15 is 0 Å². The molecule has 5 nitrogen and oxygen atoms in total. The van der Waals surface area contributed by atoms with Crippen molar-refractivity contribution >= 4 is 41.5 Å². The molecule has 0 aliphatic carbocycles. The number of anilines is 1. The molecule has 0 aromatic heterocycles. The highest BCUT2D eigenvalue weighted by atomic mass is 127. The van der Waals surface area contributed by atoms with Crippen LogP contribution in [0.3, 0.4) is 0 Å². The second-order valence-corrected chi connectivity index (χ2v) is 6.33. The number of hydrogen-bond acceptors (Lipinski definition) is 2. The quantitative estimate of drug-likeness (QED) is 0.371. The molecule has 1 amide bonds. The van der Waals surface area contributed by atoms with Gasteiger partial charge < -0.3 is 15.5 Å². The standard InChI is InChI=1S/C21H28N4O.HI/c1-5-22-21(25(4)15-19-11-7-6-9-16(19)2)23-14-18-10-8-12-20(13-18)24-17(3)26;/h6-13H,5,14-15H2,1-4H3,(H,22,23)(H,24,26);1H. The van der Waals surface area contributed by atoms with Gasteiger partial charge in [-0.3, -0.25) is 4.79 Å². The predicted octanol–water partition coefficient (Wildman–Crippen LogP) is 4.17. The first kappa shape index (κ1) is 23.0. The van der Waals surface area contributed by atoms with Crippen LogP contribution in [0.15, 0.2) is 53.5 Å². The number of carbonyl (C=O) groups excluding carboxylic acids is 1. The Morgan fingerprint density at radius 2 is 1.89 bits per heavy atom. The number of aliphatic imine (C=N–C) groups is 1. The van der Waals surface area contributed by atoms with Gasteiger partial charge in [-0.15, -0.1) is 24.0 Å². The minimum atomic E-state index is -0.0723. The van der Waals surface area contributed by atoms with Crippen molar-refractivity contribution in [1.82, 2.24) is 10.2 Å². The molecule has 0 bridgehead atoms. The highest BCUT2D eigenvalue weighted by molar-refractivity contribution is 14.0. The molecule has 0 aliphatic rings. The highest BCUT2D eigenvalue weighted by Gasteiger charge is 2.08. The van der Waals surface area contributed by atoms with E-state index in [4.69, 9.17) is 4.99 Å². The maximum absolute atomic E-state index is 11.2. The molecule has 27 heavy (non-hydrogen) atoms. The van der Waals surface area contributed by atoms with Gasteiger partial charge in [-0.1, -0.05) is 36.4 Å². The summed E-state index contributed by atoms with van der Waals surface area (Å²) in [5.74, 6) is 0.789. The minimum Gasteiger partial charge on any atom is -0.357 e. The molecule has 0 radical (unpaired) electrons. The molecule has 2 N–H and O–H groups in total. The van der Waals surface area contributed by atoms with Crippen molar-refractivity contribution < 1.29 is 4.79 Å². The first-order valence-corrected chi connectivity index (χ1v) is 8.90. The minimum absolute atomic E-state index is 0. The van der Waals surface area contributed by atoms with Crippen molar-refractivity contribution in [3.05, 3.63) is 65.2 Å². The van der Waals surface area contributed by atoms with Crippen LogP contribution in [0.4, 0.5) is 5.69 Å². The molecule has 0 spiro atoms. The molecule has 146 valence electrons. The van der Waals surface area contributed by atoms with E-state index in [1.54, 1.807) is 0 Å². The van der Waals surface area contributed by atoms with Crippen LogP contribution in [0.2, 0.25) is 0 Å². The van der Waals surface area contributed by atoms with E-state index in [9.17, 15) is 4.79 Å². The normalized spacial score (nSPS) is 10.7. The molecule has 0 atom stereocenters. The third-order valence-electron chi connectivity index (χ3n) is 4.02. The number of nitrogens with one attached hydrogen (secondary N) is 2. The Morgan fingerprint density at radius 3 is 2.56 bits per heavy atom. The van der Waals surface area contributed by atoms with Crippen molar-refractivity contribution in [2.75, 3.05) is 18.9 Å². The maximum Gasteiger partial charge on any atom is 0.221 e. The molecule has 0 saturated heterocycles. The number of rotatable bonds is 6. The fourth-order valence-corrected chi connectivity index (χ4v) is 2.70. The summed E-state index contributed by atoms with van der Waals surface area (Å²) in [4.78, 5) is 18.1. The second kappa shape index (κ2) is 11.6. The molecular formula is C21H29IN4O. The van der Waals surface area contributed by atoms with Crippen LogP contribution in [-0.4, -0.2) is 30.4 Å². The van der Waals surface area contributed by atoms with Gasteiger partial charge in [0.2, 0.25) is 5.91 Å². The lowest BCUT2D eigenvalue weighted by Crippen LogP contribution is -2.38. The number of nitrogens with zero attached hydrogens (tertiary/aromatic N) is 2. The monoisotopic (exact) mass is 480 g/mol. The average Bonchev–Trinajstić information content (AvgIpc) is 2.60. The molecule has 2 rings (SSSR count). The molecule has 0 heterocycles. The molecule has 0 unspecified atom stereocenters. The van der Waals surface area contributed by atoms with Crippen molar-refractivity contribution in [1.29, 1.82) is 0 Å². The Balaban J connectivity index is 0.00000364. The molecule has 0 saturated carbocycles. The van der Waals surface area contributed by atoms with Gasteiger partial charge in [-0.2, -0.15) is 0 Å². The van der Waals surface area contributed by atoms with Gasteiger partial charge in [0, 0.05) is 32.7 Å². The molecule has 2 aromatic rings. The third kappa shape index (κ3) is 7.58. The zero-order chi connectivity index (χ0) is 18.9. The van der Waals surface area contributed by atoms with Crippen molar-refractivity contribution in [2.45, 2.75) is 33.9 Å². The lowest BCUT2D eigenvalue weighted by atomic mass is 10.1. The summed E-state index contributed by atoms with van der Waals surface area (Å²) in [5, 5.41) is 6.15. The SMILES string of the molecule is CCNC(=NCc1cccc(NC(C)=O)c1)N(C)Cc1ccccc1C.I. The van der Waals surface area contributed by atoms with Crippen molar-refractivity contribution in [3.8, 4) is 0 Å². The highest BCUT2D eigenvalue weighted by Crippen LogP contribution is 2.13. The summed E-state index contributed by atoms with van der Waals surface area (Å²) in [6.45, 7) is 7.85. The fourth-order valence-electron chi connectivity index (χ4n) is 2.70. The summed E-state index contributed by atoms with van der Waals surface area (Å²) in [6.07, 6.45) is 0. The van der Waals surface area contributed by atoms with E-state index in [0.717, 1.165) is 30.3 Å². The topological polar surface area (TPSA) is 56.7 Å². The number of guanidine groups is 1. The number of aryl methyl sites for hydroxylation is 1. The molecule has 2 aromatic carbocycles. The van der Waals surface area contributed by atoms with Gasteiger partial charge in [0.25, 0.3) is 0 Å². The van der Waals surface area contributed by atoms with Crippen LogP contribution in [0, 0.1) is 6.92 Å². The summed E-state index contributed by atoms with van der Waals surface area (Å²) < 4.78 is 0. The number of halogens is 1. The Kier molecular flexibility index (Phi) is 9.85. The maximum atomic E-state index is 11.2. The van der Waals surface area contributed by atoms with Gasteiger partial charge >= 0.3 is 0 Å². The summed E-state index contributed by atoms with van der Waals surface area (Å²) in [6, 6.07) is 16.2. The molecule has 0 aliphatic heterocycles. The van der Waals surface area contributed by atoms with E-state index in [2.05, 4.69) is 53.6 Å². The van der Waals surface area contributed by atoms with Crippen LogP contribution in [0.5, 0.6) is 0 Å². The van der Waals surface area contributed by atoms with E-state index in [0.29, 0.717) is 6.54 Å². The first-order chi connectivity index (χ1) is 12.5. The largest absolute Gasteiger partial charge is 0.357 e. The van der Waals surface area contributed by atoms with Gasteiger partial charge in [0.15, 0.2) is 5.96 Å². The Labute approximate surface area is 179 Å². The molecule has 6 heteroatoms. The lowest BCUT2D eigenvalue weighted by Gasteiger charge is -2.23. The van der Waals surface area contributed by atoms with Crippen molar-refractivity contribution in [2.24, 2.45) is 4.99 Å². The van der Waals surface area contributed by atoms with Crippen LogP contribution in [-0.2, 0) is 17.9 Å².